The molecule has 1 N–H and O–H groups in total. The number of β-amino-alcohol motifs (C(OH)–C–C–N with tert-alkyl or cyclic N) is 1. The van der Waals surface area contributed by atoms with Crippen LogP contribution in [0.4, 0.5) is 0 Å². The van der Waals surface area contributed by atoms with Gasteiger partial charge in [0.1, 0.15) is 0 Å². The van der Waals surface area contributed by atoms with Crippen molar-refractivity contribution in [3.05, 3.63) is 33.8 Å². The van der Waals surface area contributed by atoms with Crippen molar-refractivity contribution in [3.8, 4) is 0 Å². The molecular weight excluding hydrogens is 325 g/mol. The lowest BCUT2D eigenvalue weighted by molar-refractivity contribution is -0.194. The van der Waals surface area contributed by atoms with E-state index in [0.29, 0.717) is 28.8 Å². The molecule has 2 saturated heterocycles. The molecule has 1 aromatic rings. The summed E-state index contributed by atoms with van der Waals surface area (Å²) >= 11 is 12.0. The van der Waals surface area contributed by atoms with Crippen molar-refractivity contribution < 1.29 is 14.6 Å². The lowest BCUT2D eigenvalue weighted by Crippen LogP contribution is -2.46. The van der Waals surface area contributed by atoms with Gasteiger partial charge >= 0.3 is 0 Å². The zero-order chi connectivity index (χ0) is 15.7. The van der Waals surface area contributed by atoms with E-state index in [4.69, 9.17) is 32.7 Å². The Hall–Kier alpha value is -0.360. The summed E-state index contributed by atoms with van der Waals surface area (Å²) in [7, 11) is 0. The lowest BCUT2D eigenvalue weighted by atomic mass is 10.0. The number of aliphatic hydroxyl groups is 1. The van der Waals surface area contributed by atoms with Crippen molar-refractivity contribution in [1.29, 1.82) is 0 Å². The molecule has 6 heteroatoms. The molecule has 1 spiro atoms. The van der Waals surface area contributed by atoms with E-state index in [1.807, 2.05) is 6.92 Å². The van der Waals surface area contributed by atoms with Crippen LogP contribution >= 0.6 is 23.2 Å². The molecule has 2 aliphatic rings. The fourth-order valence-corrected chi connectivity index (χ4v) is 3.69. The highest BCUT2D eigenvalue weighted by atomic mass is 35.5. The van der Waals surface area contributed by atoms with Gasteiger partial charge in [0, 0.05) is 48.1 Å². The lowest BCUT2D eigenvalue weighted by Gasteiger charge is -2.38. The first-order valence-electron chi connectivity index (χ1n) is 7.65. The molecule has 1 aromatic carbocycles. The van der Waals surface area contributed by atoms with Crippen LogP contribution in [0.15, 0.2) is 18.2 Å². The Morgan fingerprint density at radius 1 is 1.36 bits per heavy atom. The second-order valence-electron chi connectivity index (χ2n) is 6.13. The molecule has 0 bridgehead atoms. The summed E-state index contributed by atoms with van der Waals surface area (Å²) in [5, 5.41) is 11.5. The fourth-order valence-electron chi connectivity index (χ4n) is 3.16. The third-order valence-corrected chi connectivity index (χ3v) is 4.93. The summed E-state index contributed by atoms with van der Waals surface area (Å²) in [5.74, 6) is -0.404. The van der Waals surface area contributed by atoms with Gasteiger partial charge < -0.3 is 19.5 Å². The summed E-state index contributed by atoms with van der Waals surface area (Å²) < 4.78 is 11.7. The molecule has 4 nitrogen and oxygen atoms in total. The molecular formula is C16H21Cl2NO3. The zero-order valence-electron chi connectivity index (χ0n) is 12.6. The minimum Gasteiger partial charge on any atom is -0.387 e. The minimum absolute atomic E-state index is 0.171. The predicted octanol–water partition coefficient (Wildman–Crippen LogP) is 3.25. The Labute approximate surface area is 140 Å². The second-order valence-corrected chi connectivity index (χ2v) is 6.98. The first kappa shape index (κ1) is 16.5. The highest BCUT2D eigenvalue weighted by molar-refractivity contribution is 6.35. The van der Waals surface area contributed by atoms with Crippen molar-refractivity contribution in [1.82, 2.24) is 4.90 Å². The number of benzene rings is 1. The van der Waals surface area contributed by atoms with Gasteiger partial charge in [-0.15, -0.1) is 0 Å². The molecule has 22 heavy (non-hydrogen) atoms. The van der Waals surface area contributed by atoms with E-state index < -0.39 is 11.9 Å². The van der Waals surface area contributed by atoms with Crippen molar-refractivity contribution in [2.75, 3.05) is 26.2 Å². The van der Waals surface area contributed by atoms with Gasteiger partial charge in [0.2, 0.25) is 0 Å². The molecule has 2 atom stereocenters. The standard InChI is InChI=1S/C16H21Cl2NO3/c1-11-10-21-16(22-11)4-6-19(7-5-16)9-15(20)13-3-2-12(17)8-14(13)18/h2-3,8,11,15,20H,4-7,9-10H2,1H3. The number of ether oxygens (including phenoxy) is 2. The Balaban J connectivity index is 1.56. The normalized spacial score (nSPS) is 26.5. The van der Waals surface area contributed by atoms with E-state index in [1.165, 1.54) is 0 Å². The summed E-state index contributed by atoms with van der Waals surface area (Å²) in [4.78, 5) is 2.22. The van der Waals surface area contributed by atoms with Gasteiger partial charge in [-0.25, -0.2) is 0 Å². The zero-order valence-corrected chi connectivity index (χ0v) is 14.1. The van der Waals surface area contributed by atoms with Gasteiger partial charge in [0.05, 0.1) is 18.8 Å². The molecule has 0 saturated carbocycles. The minimum atomic E-state index is -0.622. The van der Waals surface area contributed by atoms with E-state index >= 15 is 0 Å². The highest BCUT2D eigenvalue weighted by Gasteiger charge is 2.42. The summed E-state index contributed by atoms with van der Waals surface area (Å²) in [5.41, 5.74) is 0.716. The number of likely N-dealkylation sites (tertiary alicyclic amines) is 1. The average molecular weight is 346 g/mol. The van der Waals surface area contributed by atoms with Gasteiger partial charge in [-0.2, -0.15) is 0 Å². The maximum Gasteiger partial charge on any atom is 0.171 e. The molecule has 2 heterocycles. The molecule has 2 unspecified atom stereocenters. The van der Waals surface area contributed by atoms with E-state index in [0.717, 1.165) is 25.9 Å². The SMILES string of the molecule is CC1COC2(CCN(CC(O)c3ccc(Cl)cc3Cl)CC2)O1. The maximum atomic E-state index is 10.4. The van der Waals surface area contributed by atoms with Crippen LogP contribution in [0, 0.1) is 0 Å². The molecule has 0 aromatic heterocycles. The van der Waals surface area contributed by atoms with Crippen molar-refractivity contribution >= 4 is 23.2 Å². The quantitative estimate of drug-likeness (QED) is 0.912. The third-order valence-electron chi connectivity index (χ3n) is 4.37. The van der Waals surface area contributed by atoms with Crippen LogP contribution in [0.2, 0.25) is 10.0 Å². The number of hydrogen-bond donors (Lipinski definition) is 1. The number of halogens is 2. The van der Waals surface area contributed by atoms with Gasteiger partial charge in [-0.3, -0.25) is 0 Å². The maximum absolute atomic E-state index is 10.4. The molecule has 3 rings (SSSR count). The van der Waals surface area contributed by atoms with Crippen LogP contribution in [0.5, 0.6) is 0 Å². The Morgan fingerprint density at radius 2 is 2.09 bits per heavy atom. The first-order valence-corrected chi connectivity index (χ1v) is 8.40. The highest BCUT2D eigenvalue weighted by Crippen LogP contribution is 2.35. The first-order chi connectivity index (χ1) is 10.5. The molecule has 0 aliphatic carbocycles. The Kier molecular flexibility index (Phi) is 4.98. The summed E-state index contributed by atoms with van der Waals surface area (Å²) in [6.07, 6.45) is 1.21. The van der Waals surface area contributed by atoms with Crippen LogP contribution in [0.3, 0.4) is 0 Å². The monoisotopic (exact) mass is 345 g/mol. The van der Waals surface area contributed by atoms with E-state index in [-0.39, 0.29) is 6.10 Å². The van der Waals surface area contributed by atoms with Crippen LogP contribution in [-0.2, 0) is 9.47 Å². The summed E-state index contributed by atoms with van der Waals surface area (Å²) in [6, 6.07) is 5.19. The average Bonchev–Trinajstić information content (AvgIpc) is 2.83. The fraction of sp³-hybridized carbons (Fsp3) is 0.625. The van der Waals surface area contributed by atoms with E-state index in [1.54, 1.807) is 18.2 Å². The van der Waals surface area contributed by atoms with E-state index in [2.05, 4.69) is 4.90 Å². The number of piperidine rings is 1. The topological polar surface area (TPSA) is 41.9 Å². The number of nitrogens with zero attached hydrogens (tertiary/aromatic N) is 1. The van der Waals surface area contributed by atoms with Crippen LogP contribution in [-0.4, -0.2) is 48.1 Å². The third kappa shape index (κ3) is 3.58. The van der Waals surface area contributed by atoms with Gasteiger partial charge in [-0.1, -0.05) is 29.3 Å². The number of hydrogen-bond acceptors (Lipinski definition) is 4. The van der Waals surface area contributed by atoms with Crippen molar-refractivity contribution in [2.24, 2.45) is 0 Å². The Morgan fingerprint density at radius 3 is 2.68 bits per heavy atom. The molecule has 2 aliphatic heterocycles. The predicted molar refractivity (Wildman–Crippen MR) is 86.3 cm³/mol. The molecule has 122 valence electrons. The van der Waals surface area contributed by atoms with Gasteiger partial charge in [-0.05, 0) is 19.1 Å². The summed E-state index contributed by atoms with van der Waals surface area (Å²) in [6.45, 7) is 4.94. The molecule has 2 fully saturated rings. The van der Waals surface area contributed by atoms with Crippen LogP contribution < -0.4 is 0 Å². The van der Waals surface area contributed by atoms with E-state index in [9.17, 15) is 5.11 Å². The van der Waals surface area contributed by atoms with Crippen molar-refractivity contribution in [2.45, 2.75) is 37.8 Å². The van der Waals surface area contributed by atoms with Crippen LogP contribution in [0.1, 0.15) is 31.4 Å². The number of rotatable bonds is 3. The van der Waals surface area contributed by atoms with Crippen molar-refractivity contribution in [3.63, 3.8) is 0 Å². The smallest absolute Gasteiger partial charge is 0.171 e. The van der Waals surface area contributed by atoms with Crippen LogP contribution in [0.25, 0.3) is 0 Å². The molecule has 0 amide bonds. The Bertz CT molecular complexity index is 532. The van der Waals surface area contributed by atoms with Gasteiger partial charge in [0.25, 0.3) is 0 Å². The largest absolute Gasteiger partial charge is 0.387 e. The number of aliphatic hydroxyl groups excluding tert-OH is 1. The molecule has 0 radical (unpaired) electrons. The second kappa shape index (κ2) is 6.63. The van der Waals surface area contributed by atoms with Gasteiger partial charge in [0.15, 0.2) is 5.79 Å².